The van der Waals surface area contributed by atoms with Crippen LogP contribution in [0.5, 0.6) is 11.5 Å². The molecule has 1 N–H and O–H groups in total. The van der Waals surface area contributed by atoms with Gasteiger partial charge in [-0.05, 0) is 30.5 Å². The van der Waals surface area contributed by atoms with Crippen molar-refractivity contribution in [1.29, 1.82) is 0 Å². The topological polar surface area (TPSA) is 64.6 Å². The van der Waals surface area contributed by atoms with Gasteiger partial charge in [0.1, 0.15) is 0 Å². The van der Waals surface area contributed by atoms with Crippen molar-refractivity contribution in [2.45, 2.75) is 26.2 Å². The van der Waals surface area contributed by atoms with Crippen LogP contribution in [-0.2, 0) is 16.4 Å². The maximum atomic E-state index is 11.5. The van der Waals surface area contributed by atoms with Gasteiger partial charge in [0.05, 0.1) is 19.0 Å². The summed E-state index contributed by atoms with van der Waals surface area (Å²) >= 11 is 0. The first-order valence-electron chi connectivity index (χ1n) is 6.96. The Balaban J connectivity index is 1.92. The first-order chi connectivity index (χ1) is 9.61. The Kier molecular flexibility index (Phi) is 5.25. The highest BCUT2D eigenvalue weighted by molar-refractivity contribution is 7.89. The van der Waals surface area contributed by atoms with Crippen LogP contribution >= 0.6 is 0 Å². The van der Waals surface area contributed by atoms with Gasteiger partial charge in [-0.25, -0.2) is 13.1 Å². The van der Waals surface area contributed by atoms with Gasteiger partial charge in [0.25, 0.3) is 0 Å². The lowest BCUT2D eigenvalue weighted by Crippen LogP contribution is -2.28. The Morgan fingerprint density at radius 1 is 1.20 bits per heavy atom. The third kappa shape index (κ3) is 4.38. The second kappa shape index (κ2) is 6.95. The molecule has 112 valence electrons. The summed E-state index contributed by atoms with van der Waals surface area (Å²) in [5.74, 6) is 1.68. The molecule has 0 fully saturated rings. The van der Waals surface area contributed by atoms with Gasteiger partial charge in [0.2, 0.25) is 10.0 Å². The first kappa shape index (κ1) is 15.1. The largest absolute Gasteiger partial charge is 0.490 e. The highest BCUT2D eigenvalue weighted by Crippen LogP contribution is 2.30. The molecule has 0 radical (unpaired) electrons. The van der Waals surface area contributed by atoms with E-state index in [1.807, 2.05) is 25.1 Å². The number of sulfonamides is 1. The smallest absolute Gasteiger partial charge is 0.211 e. The fourth-order valence-corrected chi connectivity index (χ4v) is 3.15. The fourth-order valence-electron chi connectivity index (χ4n) is 2.05. The van der Waals surface area contributed by atoms with E-state index in [9.17, 15) is 8.42 Å². The van der Waals surface area contributed by atoms with Crippen molar-refractivity contribution >= 4 is 10.0 Å². The van der Waals surface area contributed by atoms with Crippen LogP contribution in [0, 0.1) is 0 Å². The average Bonchev–Trinajstić information content (AvgIpc) is 2.63. The number of benzene rings is 1. The number of hydrogen-bond acceptors (Lipinski definition) is 4. The van der Waals surface area contributed by atoms with Crippen LogP contribution in [0.15, 0.2) is 18.2 Å². The van der Waals surface area contributed by atoms with Crippen molar-refractivity contribution in [3.8, 4) is 11.5 Å². The minimum Gasteiger partial charge on any atom is -0.490 e. The SMILES string of the molecule is CCCS(=O)(=O)NCCc1ccc2c(c1)OCCCO2. The molecule has 6 heteroatoms. The second-order valence-electron chi connectivity index (χ2n) is 4.79. The highest BCUT2D eigenvalue weighted by Gasteiger charge is 2.11. The molecule has 5 nitrogen and oxygen atoms in total. The molecule has 0 unspecified atom stereocenters. The number of ether oxygens (including phenoxy) is 2. The molecule has 1 aliphatic rings. The Hall–Kier alpha value is -1.27. The molecule has 0 saturated carbocycles. The number of hydrogen-bond donors (Lipinski definition) is 1. The van der Waals surface area contributed by atoms with E-state index in [2.05, 4.69) is 4.72 Å². The summed E-state index contributed by atoms with van der Waals surface area (Å²) < 4.78 is 36.9. The van der Waals surface area contributed by atoms with Crippen molar-refractivity contribution in [2.75, 3.05) is 25.5 Å². The molecular weight excluding hydrogens is 278 g/mol. The molecule has 1 aromatic carbocycles. The lowest BCUT2D eigenvalue weighted by Gasteiger charge is -2.10. The van der Waals surface area contributed by atoms with E-state index in [0.29, 0.717) is 32.6 Å². The molecule has 1 heterocycles. The van der Waals surface area contributed by atoms with Crippen LogP contribution in [0.2, 0.25) is 0 Å². The fraction of sp³-hybridized carbons (Fsp3) is 0.571. The normalized spacial score (nSPS) is 14.8. The molecule has 2 rings (SSSR count). The van der Waals surface area contributed by atoms with E-state index >= 15 is 0 Å². The van der Waals surface area contributed by atoms with Gasteiger partial charge in [0, 0.05) is 13.0 Å². The van der Waals surface area contributed by atoms with Gasteiger partial charge in [-0.2, -0.15) is 0 Å². The van der Waals surface area contributed by atoms with Crippen molar-refractivity contribution < 1.29 is 17.9 Å². The summed E-state index contributed by atoms with van der Waals surface area (Å²) in [4.78, 5) is 0. The summed E-state index contributed by atoms with van der Waals surface area (Å²) in [6, 6.07) is 5.76. The molecule has 0 aromatic heterocycles. The van der Waals surface area contributed by atoms with Crippen LogP contribution in [0.4, 0.5) is 0 Å². The van der Waals surface area contributed by atoms with E-state index in [0.717, 1.165) is 23.5 Å². The Morgan fingerprint density at radius 3 is 2.70 bits per heavy atom. The number of fused-ring (bicyclic) bond motifs is 1. The van der Waals surface area contributed by atoms with Gasteiger partial charge >= 0.3 is 0 Å². The van der Waals surface area contributed by atoms with Gasteiger partial charge in [0.15, 0.2) is 11.5 Å². The molecule has 20 heavy (non-hydrogen) atoms. The van der Waals surface area contributed by atoms with Gasteiger partial charge in [-0.1, -0.05) is 13.0 Å². The molecule has 0 amide bonds. The van der Waals surface area contributed by atoms with Crippen molar-refractivity contribution in [3.05, 3.63) is 23.8 Å². The molecular formula is C14H21NO4S. The van der Waals surface area contributed by atoms with E-state index in [1.54, 1.807) is 0 Å². The lowest BCUT2D eigenvalue weighted by atomic mass is 10.1. The van der Waals surface area contributed by atoms with Crippen LogP contribution in [0.3, 0.4) is 0 Å². The predicted octanol–water partition coefficient (Wildman–Crippen LogP) is 1.72. The van der Waals surface area contributed by atoms with E-state index in [1.165, 1.54) is 0 Å². The Labute approximate surface area is 120 Å². The quantitative estimate of drug-likeness (QED) is 0.868. The molecule has 1 aromatic rings. The number of rotatable bonds is 6. The third-order valence-corrected chi connectivity index (χ3v) is 4.61. The van der Waals surface area contributed by atoms with E-state index < -0.39 is 10.0 Å². The van der Waals surface area contributed by atoms with Gasteiger partial charge < -0.3 is 9.47 Å². The van der Waals surface area contributed by atoms with E-state index in [4.69, 9.17) is 9.47 Å². The van der Waals surface area contributed by atoms with Crippen molar-refractivity contribution in [1.82, 2.24) is 4.72 Å². The Morgan fingerprint density at radius 2 is 1.95 bits per heavy atom. The maximum absolute atomic E-state index is 11.5. The zero-order valence-corrected chi connectivity index (χ0v) is 12.5. The second-order valence-corrected chi connectivity index (χ2v) is 6.72. The molecule has 0 spiro atoms. The third-order valence-electron chi connectivity index (χ3n) is 3.02. The summed E-state index contributed by atoms with van der Waals surface area (Å²) in [5.41, 5.74) is 1.04. The zero-order chi connectivity index (χ0) is 14.4. The van der Waals surface area contributed by atoms with Gasteiger partial charge in [-0.15, -0.1) is 0 Å². The molecule has 0 saturated heterocycles. The molecule has 0 atom stereocenters. The van der Waals surface area contributed by atoms with Crippen molar-refractivity contribution in [2.24, 2.45) is 0 Å². The van der Waals surface area contributed by atoms with Crippen LogP contribution < -0.4 is 14.2 Å². The van der Waals surface area contributed by atoms with Gasteiger partial charge in [-0.3, -0.25) is 0 Å². The Bertz CT molecular complexity index is 542. The van der Waals surface area contributed by atoms with Crippen molar-refractivity contribution in [3.63, 3.8) is 0 Å². The van der Waals surface area contributed by atoms with E-state index in [-0.39, 0.29) is 5.75 Å². The lowest BCUT2D eigenvalue weighted by molar-refractivity contribution is 0.297. The standard InChI is InChI=1S/C14H21NO4S/c1-2-10-20(16,17)15-7-6-12-4-5-13-14(11-12)19-9-3-8-18-13/h4-5,11,15H,2-3,6-10H2,1H3. The number of nitrogens with one attached hydrogen (secondary N) is 1. The highest BCUT2D eigenvalue weighted by atomic mass is 32.2. The molecule has 1 aliphatic heterocycles. The summed E-state index contributed by atoms with van der Waals surface area (Å²) in [6.07, 6.45) is 2.14. The summed E-state index contributed by atoms with van der Waals surface area (Å²) in [7, 11) is -3.13. The van der Waals surface area contributed by atoms with Crippen LogP contribution in [0.25, 0.3) is 0 Å². The molecule has 0 aliphatic carbocycles. The predicted molar refractivity (Wildman–Crippen MR) is 77.8 cm³/mol. The summed E-state index contributed by atoms with van der Waals surface area (Å²) in [6.45, 7) is 3.58. The minimum absolute atomic E-state index is 0.175. The average molecular weight is 299 g/mol. The maximum Gasteiger partial charge on any atom is 0.211 e. The monoisotopic (exact) mass is 299 g/mol. The van der Waals surface area contributed by atoms with Crippen LogP contribution in [-0.4, -0.2) is 33.9 Å². The first-order valence-corrected chi connectivity index (χ1v) is 8.62. The van der Waals surface area contributed by atoms with Crippen LogP contribution in [0.1, 0.15) is 25.3 Å². The minimum atomic E-state index is -3.13. The molecule has 0 bridgehead atoms. The summed E-state index contributed by atoms with van der Waals surface area (Å²) in [5, 5.41) is 0. The zero-order valence-electron chi connectivity index (χ0n) is 11.7.